The summed E-state index contributed by atoms with van der Waals surface area (Å²) >= 11 is 4.64. The van der Waals surface area contributed by atoms with Gasteiger partial charge in [0.05, 0.1) is 23.9 Å². The Labute approximate surface area is 450 Å². The van der Waals surface area contributed by atoms with Crippen molar-refractivity contribution >= 4 is 85.9 Å². The topological polar surface area (TPSA) is 181 Å². The summed E-state index contributed by atoms with van der Waals surface area (Å²) in [7, 11) is 4.29. The van der Waals surface area contributed by atoms with Crippen LogP contribution in [0.4, 0.5) is 54.8 Å². The zero-order valence-corrected chi connectivity index (χ0v) is 43.7. The highest BCUT2D eigenvalue weighted by Gasteiger charge is 2.19. The summed E-state index contributed by atoms with van der Waals surface area (Å²) < 4.78 is 45.9. The zero-order chi connectivity index (χ0) is 54.1. The lowest BCUT2D eigenvalue weighted by Crippen LogP contribution is -2.44. The summed E-state index contributed by atoms with van der Waals surface area (Å²) in [6, 6.07) is 34.1. The molecule has 0 unspecified atom stereocenters. The number of hydrogen-bond acceptors (Lipinski definition) is 15. The summed E-state index contributed by atoms with van der Waals surface area (Å²) in [4.78, 5) is 39.6. The third kappa shape index (κ3) is 14.8. The number of alkyl halides is 2. The van der Waals surface area contributed by atoms with Gasteiger partial charge in [0, 0.05) is 111 Å². The Morgan fingerprint density at radius 2 is 1.13 bits per heavy atom. The van der Waals surface area contributed by atoms with Crippen LogP contribution in [0.5, 0.6) is 23.3 Å². The minimum atomic E-state index is -0.522. The molecule has 2 aliphatic rings. The lowest BCUT2D eigenvalue weighted by atomic mass is 10.2. The summed E-state index contributed by atoms with van der Waals surface area (Å²) in [5.41, 5.74) is 14.5. The van der Waals surface area contributed by atoms with Crippen molar-refractivity contribution in [2.45, 2.75) is 13.1 Å². The van der Waals surface area contributed by atoms with Gasteiger partial charge in [-0.05, 0) is 105 Å². The fraction of sp³-hybridized carbons (Fsp3) is 0.250. The van der Waals surface area contributed by atoms with Crippen molar-refractivity contribution in [3.8, 4) is 23.3 Å². The molecule has 5 N–H and O–H groups in total. The van der Waals surface area contributed by atoms with E-state index in [0.717, 1.165) is 70.0 Å². The van der Waals surface area contributed by atoms with Crippen molar-refractivity contribution in [2.24, 2.45) is 0 Å². The van der Waals surface area contributed by atoms with E-state index < -0.39 is 13.3 Å². The lowest BCUT2D eigenvalue weighted by Gasteiger charge is -2.34. The number of nitrogens with two attached hydrogens (primary N) is 1. The molecule has 0 spiro atoms. The van der Waals surface area contributed by atoms with Crippen molar-refractivity contribution < 1.29 is 27.3 Å². The number of nitrogen functional groups attached to an aromatic ring is 1. The average Bonchev–Trinajstić information content (AvgIpc) is 4.08. The first-order valence-corrected chi connectivity index (χ1v) is 25.2. The fourth-order valence-corrected chi connectivity index (χ4v) is 8.51. The molecule has 0 aliphatic carbocycles. The third-order valence-electron chi connectivity index (χ3n) is 12.5. The van der Waals surface area contributed by atoms with Gasteiger partial charge in [-0.3, -0.25) is 4.79 Å². The Morgan fingerprint density at radius 3 is 1.55 bits per heavy atom. The number of nitrogens with one attached hydrogen (secondary N) is 3. The van der Waals surface area contributed by atoms with Gasteiger partial charge < -0.3 is 64.2 Å². The molecule has 21 heteroatoms. The van der Waals surface area contributed by atoms with Gasteiger partial charge in [0.2, 0.25) is 29.6 Å². The lowest BCUT2D eigenvalue weighted by molar-refractivity contribution is -0.111. The van der Waals surface area contributed by atoms with Crippen LogP contribution >= 0.6 is 11.9 Å². The molecular weight excluding hydrogens is 1010 g/mol. The molecule has 18 nitrogen and oxygen atoms in total. The number of rotatable bonds is 17. The molecule has 8 aromatic rings. The molecule has 0 bridgehead atoms. The normalized spacial score (nSPS) is 13.6. The standard InChI is InChI=1S/C28H30FN7O2.C25H28FN7O.C3H3ClO/c1-3-25(37)30-21-5-4-6-23(19-21)38-27-24-11-13-36(14-12-29)26(24)32-28(33-27)31-20-7-9-22(10-8-20)35-17-15-34(2)16-18-35;1-31-13-15-32(16-14-31)20-7-5-19(6-8-20)28-25-29-23-22(9-11-33(23)12-10-26)24(30-25)34-21-4-2-3-18(27)17-21;1-2-3-5-4/h3-11,13,19H,1,12,14-18H2,2H3,(H,30,37)(H,31,32,33);2-9,11,17H,10,12-16,27H2,1H3,(H,28,29,30);3H,1H2. The van der Waals surface area contributed by atoms with Crippen LogP contribution in [0.15, 0.2) is 153 Å². The summed E-state index contributed by atoms with van der Waals surface area (Å²) in [6.07, 6.45) is 5.91. The molecule has 10 rings (SSSR count). The van der Waals surface area contributed by atoms with Gasteiger partial charge in [0.15, 0.2) is 6.26 Å². The number of benzene rings is 4. The van der Waals surface area contributed by atoms with E-state index >= 15 is 0 Å². The highest BCUT2D eigenvalue weighted by Crippen LogP contribution is 2.34. The van der Waals surface area contributed by atoms with Crippen LogP contribution in [0.25, 0.3) is 22.1 Å². The highest BCUT2D eigenvalue weighted by atomic mass is 35.5. The number of amides is 1. The monoisotopic (exact) mass is 1070 g/mol. The summed E-state index contributed by atoms with van der Waals surface area (Å²) in [6.45, 7) is 14.2. The number of nitrogens with zero attached hydrogens (tertiary/aromatic N) is 10. The molecule has 0 radical (unpaired) electrons. The number of carbonyl (C=O) groups excluding carboxylic acids is 1. The SMILES string of the molecule is C=C=COCl.C=CC(=O)Nc1cccc(Oc2nc(Nc3ccc(N4CCN(C)CC4)cc3)nc3c2ccn3CCF)c1.CN1CCN(c2ccc(Nc3nc(Oc4cccc(N)c4)c4ccn(CCF)c4n3)cc2)CC1. The predicted molar refractivity (Wildman–Crippen MR) is 303 cm³/mol. The number of carbonyl (C=O) groups is 1. The first-order valence-electron chi connectivity index (χ1n) is 24.9. The first-order chi connectivity index (χ1) is 37.5. The van der Waals surface area contributed by atoms with Gasteiger partial charge in [-0.1, -0.05) is 31.0 Å². The molecule has 0 saturated carbocycles. The van der Waals surface area contributed by atoms with E-state index in [-0.39, 0.29) is 19.0 Å². The molecule has 2 aliphatic heterocycles. The zero-order valence-electron chi connectivity index (χ0n) is 42.9. The second-order valence-electron chi connectivity index (χ2n) is 17.9. The van der Waals surface area contributed by atoms with E-state index in [2.05, 4.69) is 129 Å². The number of hydrogen-bond donors (Lipinski definition) is 4. The van der Waals surface area contributed by atoms with E-state index in [0.29, 0.717) is 68.6 Å². The summed E-state index contributed by atoms with van der Waals surface area (Å²) in [5.74, 6) is 2.13. The van der Waals surface area contributed by atoms with Crippen molar-refractivity contribution in [3.05, 3.63) is 153 Å². The maximum atomic E-state index is 13.2. The molecule has 4 aromatic carbocycles. The number of ether oxygens (including phenoxy) is 2. The van der Waals surface area contributed by atoms with Crippen molar-refractivity contribution in [3.63, 3.8) is 0 Å². The molecule has 400 valence electrons. The second-order valence-corrected chi connectivity index (χ2v) is 18.1. The Hall–Kier alpha value is -8.68. The first kappa shape index (κ1) is 54.6. The number of aromatic nitrogens is 6. The molecule has 6 heterocycles. The molecule has 1 amide bonds. The molecule has 0 atom stereocenters. The van der Waals surface area contributed by atoms with Gasteiger partial charge >= 0.3 is 0 Å². The largest absolute Gasteiger partial charge is 0.438 e. The predicted octanol–water partition coefficient (Wildman–Crippen LogP) is 10.5. The van der Waals surface area contributed by atoms with E-state index in [1.165, 1.54) is 17.5 Å². The maximum Gasteiger partial charge on any atom is 0.247 e. The highest BCUT2D eigenvalue weighted by molar-refractivity contribution is 6.07. The number of anilines is 8. The molecular formula is C56H61ClF2N14O4. The van der Waals surface area contributed by atoms with Crippen LogP contribution in [0.1, 0.15) is 0 Å². The van der Waals surface area contributed by atoms with Gasteiger partial charge in [-0.25, -0.2) is 8.78 Å². The van der Waals surface area contributed by atoms with Crippen LogP contribution in [0.2, 0.25) is 0 Å². The van der Waals surface area contributed by atoms with Crippen molar-refractivity contribution in [1.29, 1.82) is 0 Å². The summed E-state index contributed by atoms with van der Waals surface area (Å²) in [5, 5.41) is 10.6. The minimum absolute atomic E-state index is 0.169. The number of fused-ring (bicyclic) bond motifs is 2. The molecule has 4 aromatic heterocycles. The quantitative estimate of drug-likeness (QED) is 0.0292. The van der Waals surface area contributed by atoms with E-state index in [4.69, 9.17) is 15.2 Å². The number of aryl methyl sites for hydroxylation is 2. The van der Waals surface area contributed by atoms with Crippen LogP contribution in [-0.4, -0.2) is 125 Å². The van der Waals surface area contributed by atoms with Crippen molar-refractivity contribution in [1.82, 2.24) is 38.9 Å². The van der Waals surface area contributed by atoms with Crippen LogP contribution in [0, 0.1) is 0 Å². The van der Waals surface area contributed by atoms with E-state index in [1.54, 1.807) is 64.0 Å². The Balaban J connectivity index is 0.000000188. The molecule has 2 saturated heterocycles. The number of halogens is 3. The molecule has 2 fully saturated rings. The Morgan fingerprint density at radius 1 is 0.662 bits per heavy atom. The maximum absolute atomic E-state index is 13.2. The minimum Gasteiger partial charge on any atom is -0.438 e. The Bertz CT molecular complexity index is 3280. The molecule has 77 heavy (non-hydrogen) atoms. The smallest absolute Gasteiger partial charge is 0.247 e. The van der Waals surface area contributed by atoms with Crippen molar-refractivity contribution in [2.75, 3.05) is 111 Å². The van der Waals surface area contributed by atoms with Crippen LogP contribution < -0.4 is 41.0 Å². The number of piperazine rings is 2. The van der Waals surface area contributed by atoms with E-state index in [1.807, 2.05) is 42.5 Å². The van der Waals surface area contributed by atoms with Crippen LogP contribution in [-0.2, 0) is 22.2 Å². The Kier molecular flexibility index (Phi) is 18.9. The van der Waals surface area contributed by atoms with Crippen LogP contribution in [0.3, 0.4) is 0 Å². The van der Waals surface area contributed by atoms with Gasteiger partial charge in [-0.2, -0.15) is 19.9 Å². The van der Waals surface area contributed by atoms with Gasteiger partial charge in [-0.15, -0.1) is 0 Å². The van der Waals surface area contributed by atoms with E-state index in [9.17, 15) is 13.6 Å². The second kappa shape index (κ2) is 26.7. The van der Waals surface area contributed by atoms with Gasteiger partial charge in [0.25, 0.3) is 0 Å². The third-order valence-corrected chi connectivity index (χ3v) is 12.6. The number of likely N-dealkylation sites (N-methyl/N-ethyl adjacent to an activating group) is 2. The fourth-order valence-electron chi connectivity index (χ4n) is 8.45. The average molecular weight is 1070 g/mol. The van der Waals surface area contributed by atoms with Gasteiger partial charge in [0.1, 0.15) is 48.0 Å².